The Bertz CT molecular complexity index is 496. The highest BCUT2D eigenvalue weighted by molar-refractivity contribution is 6.31. The van der Waals surface area contributed by atoms with E-state index in [4.69, 9.17) is 11.6 Å². The monoisotopic (exact) mass is 269 g/mol. The number of nitrogens with zero attached hydrogens (tertiary/aromatic N) is 2. The molecule has 1 N–H and O–H groups in total. The number of carbonyl (C=O) groups is 2. The SMILES string of the molecule is CCc1nn(C)c(CC2CCC(=O)NC2=O)c1Cl. The van der Waals surface area contributed by atoms with Gasteiger partial charge in [-0.15, -0.1) is 0 Å². The lowest BCUT2D eigenvalue weighted by Gasteiger charge is -2.20. The van der Waals surface area contributed by atoms with E-state index in [-0.39, 0.29) is 17.7 Å². The third-order valence-electron chi connectivity index (χ3n) is 3.30. The summed E-state index contributed by atoms with van der Waals surface area (Å²) >= 11 is 6.24. The lowest BCUT2D eigenvalue weighted by atomic mass is 9.93. The molecule has 2 heterocycles. The van der Waals surface area contributed by atoms with Crippen LogP contribution in [0.1, 0.15) is 31.2 Å². The van der Waals surface area contributed by atoms with Crippen molar-refractivity contribution in [3.63, 3.8) is 0 Å². The molecule has 1 aliphatic rings. The molecule has 5 nitrogen and oxygen atoms in total. The van der Waals surface area contributed by atoms with Gasteiger partial charge in [-0.05, 0) is 12.8 Å². The molecule has 98 valence electrons. The fraction of sp³-hybridized carbons (Fsp3) is 0.583. The van der Waals surface area contributed by atoms with Crippen LogP contribution < -0.4 is 5.32 Å². The summed E-state index contributed by atoms with van der Waals surface area (Å²) in [4.78, 5) is 22.8. The number of carbonyl (C=O) groups excluding carboxylic acids is 2. The molecular formula is C12H16ClN3O2. The van der Waals surface area contributed by atoms with Gasteiger partial charge in [0.15, 0.2) is 0 Å². The molecule has 1 aromatic heterocycles. The second kappa shape index (κ2) is 5.10. The third kappa shape index (κ3) is 2.41. The Morgan fingerprint density at radius 1 is 1.50 bits per heavy atom. The van der Waals surface area contributed by atoms with Crippen molar-refractivity contribution in [1.29, 1.82) is 0 Å². The van der Waals surface area contributed by atoms with Crippen LogP contribution in [-0.4, -0.2) is 21.6 Å². The molecule has 0 spiro atoms. The minimum absolute atomic E-state index is 0.193. The molecule has 1 unspecified atom stereocenters. The van der Waals surface area contributed by atoms with Gasteiger partial charge < -0.3 is 0 Å². The van der Waals surface area contributed by atoms with Crippen molar-refractivity contribution in [3.8, 4) is 0 Å². The van der Waals surface area contributed by atoms with E-state index in [2.05, 4.69) is 10.4 Å². The lowest BCUT2D eigenvalue weighted by Crippen LogP contribution is -2.41. The molecule has 0 radical (unpaired) electrons. The molecule has 1 aliphatic heterocycles. The van der Waals surface area contributed by atoms with Gasteiger partial charge in [0.25, 0.3) is 0 Å². The molecule has 1 aromatic rings. The van der Waals surface area contributed by atoms with E-state index in [1.54, 1.807) is 4.68 Å². The zero-order chi connectivity index (χ0) is 13.3. The molecule has 0 aliphatic carbocycles. The number of rotatable bonds is 3. The van der Waals surface area contributed by atoms with Crippen LogP contribution >= 0.6 is 11.6 Å². The molecule has 1 saturated heterocycles. The van der Waals surface area contributed by atoms with E-state index in [9.17, 15) is 9.59 Å². The standard InChI is InChI=1S/C12H16ClN3O2/c1-3-8-11(13)9(16(2)15-8)6-7-4-5-10(17)14-12(7)18/h7H,3-6H2,1-2H3,(H,14,17,18). The number of amides is 2. The van der Waals surface area contributed by atoms with Crippen molar-refractivity contribution >= 4 is 23.4 Å². The van der Waals surface area contributed by atoms with E-state index in [0.717, 1.165) is 17.8 Å². The molecular weight excluding hydrogens is 254 g/mol. The number of aromatic nitrogens is 2. The molecule has 1 fully saturated rings. The molecule has 0 bridgehead atoms. The molecule has 1 atom stereocenters. The highest BCUT2D eigenvalue weighted by Crippen LogP contribution is 2.26. The van der Waals surface area contributed by atoms with E-state index in [1.807, 2.05) is 14.0 Å². The first-order valence-electron chi connectivity index (χ1n) is 6.06. The summed E-state index contributed by atoms with van der Waals surface area (Å²) in [5, 5.41) is 7.32. The Labute approximate surface area is 110 Å². The van der Waals surface area contributed by atoms with E-state index < -0.39 is 0 Å². The Morgan fingerprint density at radius 2 is 2.22 bits per heavy atom. The number of halogens is 1. The lowest BCUT2D eigenvalue weighted by molar-refractivity contribution is -0.136. The number of nitrogens with one attached hydrogen (secondary N) is 1. The minimum Gasteiger partial charge on any atom is -0.296 e. The fourth-order valence-corrected chi connectivity index (χ4v) is 2.58. The van der Waals surface area contributed by atoms with Crippen LogP contribution in [0.15, 0.2) is 0 Å². The largest absolute Gasteiger partial charge is 0.296 e. The maximum Gasteiger partial charge on any atom is 0.230 e. The van der Waals surface area contributed by atoms with Crippen molar-refractivity contribution in [2.45, 2.75) is 32.6 Å². The number of aryl methyl sites for hydroxylation is 2. The summed E-state index contributed by atoms with van der Waals surface area (Å²) in [5.74, 6) is -0.594. The highest BCUT2D eigenvalue weighted by atomic mass is 35.5. The van der Waals surface area contributed by atoms with E-state index >= 15 is 0 Å². The average molecular weight is 270 g/mol. The summed E-state index contributed by atoms with van der Waals surface area (Å²) in [7, 11) is 1.83. The molecule has 2 rings (SSSR count). The zero-order valence-electron chi connectivity index (χ0n) is 10.5. The highest BCUT2D eigenvalue weighted by Gasteiger charge is 2.28. The summed E-state index contributed by atoms with van der Waals surface area (Å²) in [5.41, 5.74) is 1.71. The minimum atomic E-state index is -0.207. The number of piperidine rings is 1. The maximum atomic E-state index is 11.7. The van der Waals surface area contributed by atoms with Crippen molar-refractivity contribution in [3.05, 3.63) is 16.4 Å². The van der Waals surface area contributed by atoms with Crippen LogP contribution in [-0.2, 0) is 29.5 Å². The molecule has 0 saturated carbocycles. The van der Waals surface area contributed by atoms with Gasteiger partial charge in [-0.3, -0.25) is 19.6 Å². The second-order valence-corrected chi connectivity index (χ2v) is 4.91. The first kappa shape index (κ1) is 13.1. The maximum absolute atomic E-state index is 11.7. The summed E-state index contributed by atoms with van der Waals surface area (Å²) in [6.45, 7) is 1.99. The Hall–Kier alpha value is -1.36. The Morgan fingerprint density at radius 3 is 2.78 bits per heavy atom. The summed E-state index contributed by atoms with van der Waals surface area (Å²) in [6, 6.07) is 0. The van der Waals surface area contributed by atoms with Crippen LogP contribution in [0.2, 0.25) is 5.02 Å². The predicted molar refractivity (Wildman–Crippen MR) is 67.2 cm³/mol. The van der Waals surface area contributed by atoms with Gasteiger partial charge in [-0.2, -0.15) is 5.10 Å². The van der Waals surface area contributed by atoms with Crippen molar-refractivity contribution in [2.24, 2.45) is 13.0 Å². The smallest absolute Gasteiger partial charge is 0.230 e. The van der Waals surface area contributed by atoms with E-state index in [0.29, 0.717) is 24.3 Å². The van der Waals surface area contributed by atoms with Crippen molar-refractivity contribution < 1.29 is 9.59 Å². The fourth-order valence-electron chi connectivity index (χ4n) is 2.21. The van der Waals surface area contributed by atoms with Crippen LogP contribution in [0.4, 0.5) is 0 Å². The predicted octanol–water partition coefficient (Wildman–Crippen LogP) is 1.23. The number of imide groups is 1. The zero-order valence-corrected chi connectivity index (χ0v) is 11.3. The van der Waals surface area contributed by atoms with Gasteiger partial charge >= 0.3 is 0 Å². The third-order valence-corrected chi connectivity index (χ3v) is 3.73. The van der Waals surface area contributed by atoms with Gasteiger partial charge in [-0.25, -0.2) is 0 Å². The van der Waals surface area contributed by atoms with E-state index in [1.165, 1.54) is 0 Å². The van der Waals surface area contributed by atoms with Crippen LogP contribution in [0.5, 0.6) is 0 Å². The van der Waals surface area contributed by atoms with Gasteiger partial charge in [0, 0.05) is 25.8 Å². The quantitative estimate of drug-likeness (QED) is 0.840. The van der Waals surface area contributed by atoms with Crippen molar-refractivity contribution in [1.82, 2.24) is 15.1 Å². The van der Waals surface area contributed by atoms with Gasteiger partial charge in [0.2, 0.25) is 11.8 Å². The van der Waals surface area contributed by atoms with Gasteiger partial charge in [0.1, 0.15) is 0 Å². The van der Waals surface area contributed by atoms with Gasteiger partial charge in [-0.1, -0.05) is 18.5 Å². The Balaban J connectivity index is 2.17. The Kier molecular flexibility index (Phi) is 3.71. The number of hydrogen-bond acceptors (Lipinski definition) is 3. The van der Waals surface area contributed by atoms with Crippen LogP contribution in [0, 0.1) is 5.92 Å². The molecule has 6 heteroatoms. The number of hydrogen-bond donors (Lipinski definition) is 1. The summed E-state index contributed by atoms with van der Waals surface area (Å²) < 4.78 is 1.73. The average Bonchev–Trinajstić information content (AvgIpc) is 2.59. The normalized spacial score (nSPS) is 20.1. The first-order chi connectivity index (χ1) is 8.52. The molecule has 0 aromatic carbocycles. The van der Waals surface area contributed by atoms with Gasteiger partial charge in [0.05, 0.1) is 16.4 Å². The molecule has 18 heavy (non-hydrogen) atoms. The second-order valence-electron chi connectivity index (χ2n) is 4.54. The molecule has 2 amide bonds. The summed E-state index contributed by atoms with van der Waals surface area (Å²) in [6.07, 6.45) is 2.27. The van der Waals surface area contributed by atoms with Crippen LogP contribution in [0.25, 0.3) is 0 Å². The van der Waals surface area contributed by atoms with Crippen LogP contribution in [0.3, 0.4) is 0 Å². The topological polar surface area (TPSA) is 64.0 Å². The van der Waals surface area contributed by atoms with Crippen molar-refractivity contribution in [2.75, 3.05) is 0 Å². The first-order valence-corrected chi connectivity index (χ1v) is 6.44.